The van der Waals surface area contributed by atoms with Crippen LogP contribution < -0.4 is 0 Å². The smallest absolute Gasteiger partial charge is 0.0972 e. The third kappa shape index (κ3) is 2.16. The van der Waals surface area contributed by atoms with E-state index < -0.39 is 0 Å². The van der Waals surface area contributed by atoms with E-state index in [4.69, 9.17) is 4.98 Å². The molecule has 0 fully saturated rings. The molecule has 31 heavy (non-hydrogen) atoms. The summed E-state index contributed by atoms with van der Waals surface area (Å²) in [5, 5.41) is 7.10. The largest absolute Gasteiger partial charge is 0.308 e. The molecule has 0 amide bonds. The quantitative estimate of drug-likeness (QED) is 0.300. The lowest BCUT2D eigenvalue weighted by atomic mass is 9.97. The van der Waals surface area contributed by atoms with Crippen LogP contribution in [0.1, 0.15) is 0 Å². The average Bonchev–Trinajstić information content (AvgIpc) is 3.19. The van der Waals surface area contributed by atoms with Crippen LogP contribution in [0.2, 0.25) is 0 Å². The summed E-state index contributed by atoms with van der Waals surface area (Å²) in [6.07, 6.45) is 7.24. The molecule has 4 aromatic carbocycles. The Kier molecular flexibility index (Phi) is 3.24. The molecule has 0 spiro atoms. The SMILES string of the molecule is c1ccc2c(c1)c1nccnc1c1ccc3c4ccccc4n(-c4ccncc4)c3c21. The number of para-hydroxylation sites is 1. The van der Waals surface area contributed by atoms with Crippen LogP contribution in [0.25, 0.3) is 60.1 Å². The van der Waals surface area contributed by atoms with Gasteiger partial charge in [-0.15, -0.1) is 0 Å². The van der Waals surface area contributed by atoms with Crippen LogP contribution in [0.15, 0.2) is 97.6 Å². The van der Waals surface area contributed by atoms with Crippen LogP contribution >= 0.6 is 0 Å². The molecule has 7 aromatic rings. The first-order chi connectivity index (χ1) is 15.4. The molecule has 4 nitrogen and oxygen atoms in total. The Balaban J connectivity index is 1.86. The first-order valence-electron chi connectivity index (χ1n) is 10.3. The maximum Gasteiger partial charge on any atom is 0.0972 e. The molecule has 3 heterocycles. The van der Waals surface area contributed by atoms with E-state index >= 15 is 0 Å². The number of hydrogen-bond acceptors (Lipinski definition) is 3. The van der Waals surface area contributed by atoms with Crippen LogP contribution in [0.5, 0.6) is 0 Å². The second-order valence-electron chi connectivity index (χ2n) is 7.74. The molecule has 7 rings (SSSR count). The van der Waals surface area contributed by atoms with Gasteiger partial charge in [0, 0.05) is 57.4 Å². The van der Waals surface area contributed by atoms with Crippen LogP contribution in [0, 0.1) is 0 Å². The molecule has 0 saturated heterocycles. The summed E-state index contributed by atoms with van der Waals surface area (Å²) < 4.78 is 2.35. The highest BCUT2D eigenvalue weighted by molar-refractivity contribution is 6.32. The monoisotopic (exact) mass is 396 g/mol. The van der Waals surface area contributed by atoms with Gasteiger partial charge in [-0.3, -0.25) is 15.0 Å². The number of pyridine rings is 1. The molecule has 0 saturated carbocycles. The standard InChI is InChI=1S/C27H16N4/c1-2-7-20-19(6-1)24-22(26-25(20)29-15-16-30-26)10-9-21-18-5-3-4-8-23(18)31(27(21)24)17-11-13-28-14-12-17/h1-16H. The van der Waals surface area contributed by atoms with Crippen LogP contribution in [0.3, 0.4) is 0 Å². The van der Waals surface area contributed by atoms with E-state index in [1.165, 1.54) is 32.6 Å². The highest BCUT2D eigenvalue weighted by Gasteiger charge is 2.19. The highest BCUT2D eigenvalue weighted by Crippen LogP contribution is 2.41. The molecule has 0 radical (unpaired) electrons. The van der Waals surface area contributed by atoms with Crippen molar-refractivity contribution >= 4 is 54.4 Å². The van der Waals surface area contributed by atoms with Gasteiger partial charge in [0.1, 0.15) is 0 Å². The summed E-state index contributed by atoms with van der Waals surface area (Å²) in [6, 6.07) is 25.6. The molecule has 3 aromatic heterocycles. The van der Waals surface area contributed by atoms with Gasteiger partial charge in [0.25, 0.3) is 0 Å². The minimum atomic E-state index is 0.935. The molecule has 0 aliphatic rings. The zero-order valence-corrected chi connectivity index (χ0v) is 16.5. The number of fused-ring (bicyclic) bond motifs is 10. The van der Waals surface area contributed by atoms with Gasteiger partial charge >= 0.3 is 0 Å². The Bertz CT molecular complexity index is 1750. The topological polar surface area (TPSA) is 43.6 Å². The number of benzene rings is 4. The maximum absolute atomic E-state index is 4.74. The molecule has 0 N–H and O–H groups in total. The molecule has 0 aliphatic carbocycles. The van der Waals surface area contributed by atoms with E-state index in [0.29, 0.717) is 0 Å². The lowest BCUT2D eigenvalue weighted by molar-refractivity contribution is 1.16. The molecule has 0 unspecified atom stereocenters. The summed E-state index contributed by atoms with van der Waals surface area (Å²) in [7, 11) is 0. The fourth-order valence-corrected chi connectivity index (χ4v) is 4.93. The van der Waals surface area contributed by atoms with Crippen molar-refractivity contribution in [2.45, 2.75) is 0 Å². The molecular weight excluding hydrogens is 380 g/mol. The van der Waals surface area contributed by atoms with Gasteiger partial charge in [-0.2, -0.15) is 0 Å². The van der Waals surface area contributed by atoms with Crippen molar-refractivity contribution in [1.82, 2.24) is 19.5 Å². The number of nitrogens with zero attached hydrogens (tertiary/aromatic N) is 4. The Morgan fingerprint density at radius 2 is 1.16 bits per heavy atom. The van der Waals surface area contributed by atoms with Gasteiger partial charge in [0.15, 0.2) is 0 Å². The van der Waals surface area contributed by atoms with Crippen molar-refractivity contribution in [3.05, 3.63) is 97.6 Å². The third-order valence-electron chi connectivity index (χ3n) is 6.16. The van der Waals surface area contributed by atoms with Crippen LogP contribution in [-0.2, 0) is 0 Å². The third-order valence-corrected chi connectivity index (χ3v) is 6.16. The van der Waals surface area contributed by atoms with Crippen molar-refractivity contribution in [3.63, 3.8) is 0 Å². The molecule has 4 heteroatoms. The molecule has 0 bridgehead atoms. The van der Waals surface area contributed by atoms with Gasteiger partial charge in [0.2, 0.25) is 0 Å². The van der Waals surface area contributed by atoms with E-state index in [9.17, 15) is 0 Å². The maximum atomic E-state index is 4.74. The molecular formula is C27H16N4. The summed E-state index contributed by atoms with van der Waals surface area (Å²) in [5.41, 5.74) is 5.34. The van der Waals surface area contributed by atoms with Gasteiger partial charge in [-0.05, 0) is 23.6 Å². The van der Waals surface area contributed by atoms with Crippen molar-refractivity contribution in [1.29, 1.82) is 0 Å². The predicted octanol–water partition coefficient (Wildman–Crippen LogP) is 6.43. The van der Waals surface area contributed by atoms with E-state index in [1.54, 1.807) is 12.4 Å². The molecule has 0 aliphatic heterocycles. The number of rotatable bonds is 1. The van der Waals surface area contributed by atoms with Gasteiger partial charge in [-0.25, -0.2) is 0 Å². The Labute approximate surface area is 177 Å². The first kappa shape index (κ1) is 16.5. The van der Waals surface area contributed by atoms with Crippen LogP contribution in [0.4, 0.5) is 0 Å². The minimum Gasteiger partial charge on any atom is -0.308 e. The number of aromatic nitrogens is 4. The highest BCUT2D eigenvalue weighted by atomic mass is 15.0. The fourth-order valence-electron chi connectivity index (χ4n) is 4.93. The lowest BCUT2D eigenvalue weighted by Gasteiger charge is -2.13. The second kappa shape index (κ2) is 6.09. The predicted molar refractivity (Wildman–Crippen MR) is 127 cm³/mol. The minimum absolute atomic E-state index is 0.935. The zero-order chi connectivity index (χ0) is 20.4. The Morgan fingerprint density at radius 3 is 1.97 bits per heavy atom. The Hall–Kier alpha value is -4.31. The first-order valence-corrected chi connectivity index (χ1v) is 10.3. The average molecular weight is 396 g/mol. The number of hydrogen-bond donors (Lipinski definition) is 0. The van der Waals surface area contributed by atoms with Crippen LogP contribution in [-0.4, -0.2) is 19.5 Å². The Morgan fingerprint density at radius 1 is 0.516 bits per heavy atom. The van der Waals surface area contributed by atoms with Gasteiger partial charge in [-0.1, -0.05) is 54.6 Å². The normalized spacial score (nSPS) is 11.9. The van der Waals surface area contributed by atoms with Crippen molar-refractivity contribution in [2.75, 3.05) is 0 Å². The van der Waals surface area contributed by atoms with E-state index in [0.717, 1.165) is 27.5 Å². The van der Waals surface area contributed by atoms with E-state index in [1.807, 2.05) is 12.4 Å². The van der Waals surface area contributed by atoms with E-state index in [2.05, 4.69) is 87.3 Å². The zero-order valence-electron chi connectivity index (χ0n) is 16.5. The summed E-state index contributed by atoms with van der Waals surface area (Å²) in [4.78, 5) is 13.7. The summed E-state index contributed by atoms with van der Waals surface area (Å²) in [5.74, 6) is 0. The van der Waals surface area contributed by atoms with Crippen molar-refractivity contribution in [3.8, 4) is 5.69 Å². The summed E-state index contributed by atoms with van der Waals surface area (Å²) in [6.45, 7) is 0. The second-order valence-corrected chi connectivity index (χ2v) is 7.74. The van der Waals surface area contributed by atoms with Gasteiger partial charge < -0.3 is 4.57 Å². The van der Waals surface area contributed by atoms with E-state index in [-0.39, 0.29) is 0 Å². The lowest BCUT2D eigenvalue weighted by Crippen LogP contribution is -1.96. The van der Waals surface area contributed by atoms with Crippen molar-refractivity contribution < 1.29 is 0 Å². The van der Waals surface area contributed by atoms with Gasteiger partial charge in [0.05, 0.1) is 22.1 Å². The fraction of sp³-hybridized carbons (Fsp3) is 0. The molecule has 0 atom stereocenters. The molecule has 144 valence electrons. The van der Waals surface area contributed by atoms with Crippen molar-refractivity contribution in [2.24, 2.45) is 0 Å². The summed E-state index contributed by atoms with van der Waals surface area (Å²) >= 11 is 0.